The van der Waals surface area contributed by atoms with Gasteiger partial charge in [0.25, 0.3) is 5.91 Å². The molecule has 4 rings (SSSR count). The predicted molar refractivity (Wildman–Crippen MR) is 84.6 cm³/mol. The van der Waals surface area contributed by atoms with Crippen molar-refractivity contribution < 1.29 is 9.53 Å². The van der Waals surface area contributed by atoms with Crippen LogP contribution in [0.1, 0.15) is 52.2 Å². The van der Waals surface area contributed by atoms with Gasteiger partial charge < -0.3 is 9.64 Å². The number of rotatable bonds is 4. The number of carbonyl (C=O) groups is 1. The van der Waals surface area contributed by atoms with Gasteiger partial charge in [0, 0.05) is 32.3 Å². The van der Waals surface area contributed by atoms with E-state index >= 15 is 0 Å². The van der Waals surface area contributed by atoms with Crippen LogP contribution in [0.25, 0.3) is 0 Å². The van der Waals surface area contributed by atoms with E-state index in [2.05, 4.69) is 25.4 Å². The van der Waals surface area contributed by atoms with Gasteiger partial charge in [0.05, 0.1) is 35.2 Å². The number of nitrogens with one attached hydrogen (secondary N) is 1. The highest BCUT2D eigenvalue weighted by Gasteiger charge is 2.40. The van der Waals surface area contributed by atoms with Gasteiger partial charge in [-0.05, 0) is 19.8 Å². The fourth-order valence-electron chi connectivity index (χ4n) is 3.34. The molecule has 126 valence electrons. The maximum Gasteiger partial charge on any atom is 0.257 e. The molecule has 2 atom stereocenters. The first-order valence-corrected chi connectivity index (χ1v) is 8.18. The van der Waals surface area contributed by atoms with Crippen LogP contribution in [0.2, 0.25) is 0 Å². The molecule has 1 saturated heterocycles. The molecule has 0 radical (unpaired) electrons. The maximum absolute atomic E-state index is 13.0. The summed E-state index contributed by atoms with van der Waals surface area (Å²) >= 11 is 0. The molecule has 0 unspecified atom stereocenters. The summed E-state index contributed by atoms with van der Waals surface area (Å²) < 4.78 is 5.57. The first kappa shape index (κ1) is 15.2. The quantitative estimate of drug-likeness (QED) is 0.900. The minimum atomic E-state index is -0.0882. The van der Waals surface area contributed by atoms with Gasteiger partial charge in [0.1, 0.15) is 5.82 Å². The third kappa shape index (κ3) is 2.66. The number of likely N-dealkylation sites (tertiary alicyclic amines) is 1. The van der Waals surface area contributed by atoms with Gasteiger partial charge in [0.15, 0.2) is 0 Å². The summed E-state index contributed by atoms with van der Waals surface area (Å²) in [4.78, 5) is 23.6. The lowest BCUT2D eigenvalue weighted by molar-refractivity contribution is 0.0712. The van der Waals surface area contributed by atoms with Crippen molar-refractivity contribution in [2.45, 2.75) is 37.7 Å². The number of hydrogen-bond acceptors (Lipinski definition) is 6. The number of aryl methyl sites for hydroxylation is 1. The Labute approximate surface area is 139 Å². The van der Waals surface area contributed by atoms with Gasteiger partial charge in [-0.3, -0.25) is 4.79 Å². The molecule has 0 bridgehead atoms. The highest BCUT2D eigenvalue weighted by molar-refractivity contribution is 5.95. The van der Waals surface area contributed by atoms with Crippen molar-refractivity contribution in [1.82, 2.24) is 30.3 Å². The number of ether oxygens (including phenoxy) is 1. The Morgan fingerprint density at radius 2 is 2.17 bits per heavy atom. The molecule has 0 aromatic carbocycles. The molecule has 8 nitrogen and oxygen atoms in total. The molecule has 1 amide bonds. The zero-order valence-electron chi connectivity index (χ0n) is 13.8. The molecule has 3 heterocycles. The van der Waals surface area contributed by atoms with Crippen LogP contribution < -0.4 is 0 Å². The molecule has 8 heteroatoms. The summed E-state index contributed by atoms with van der Waals surface area (Å²) in [6.45, 7) is 2.95. The third-order valence-electron chi connectivity index (χ3n) is 4.80. The van der Waals surface area contributed by atoms with Crippen LogP contribution in [0.3, 0.4) is 0 Å². The van der Waals surface area contributed by atoms with E-state index in [4.69, 9.17) is 4.74 Å². The van der Waals surface area contributed by atoms with E-state index in [0.29, 0.717) is 30.4 Å². The number of H-pyrrole nitrogens is 1. The van der Waals surface area contributed by atoms with E-state index in [1.807, 2.05) is 11.8 Å². The fraction of sp³-hybridized carbons (Fsp3) is 0.562. The number of aromatic nitrogens is 5. The lowest BCUT2D eigenvalue weighted by Gasteiger charge is -2.17. The van der Waals surface area contributed by atoms with E-state index in [-0.39, 0.29) is 17.9 Å². The molecule has 1 aliphatic carbocycles. The summed E-state index contributed by atoms with van der Waals surface area (Å²) in [5, 5.41) is 10.6. The summed E-state index contributed by atoms with van der Waals surface area (Å²) in [5.74, 6) is 1.11. The predicted octanol–water partition coefficient (Wildman–Crippen LogP) is 1.04. The number of aromatic amines is 1. The van der Waals surface area contributed by atoms with Gasteiger partial charge in [-0.1, -0.05) is 0 Å². The van der Waals surface area contributed by atoms with Crippen molar-refractivity contribution in [2.75, 3.05) is 20.2 Å². The smallest absolute Gasteiger partial charge is 0.257 e. The molecule has 1 saturated carbocycles. The van der Waals surface area contributed by atoms with Crippen LogP contribution in [-0.4, -0.2) is 62.5 Å². The Hall–Kier alpha value is -2.35. The normalized spacial score (nSPS) is 23.7. The Bertz CT molecular complexity index is 743. The standard InChI is InChI=1S/C16H20N6O2/c1-9-17-5-11(15(19-9)10-3-4-10)16(23)22-7-12(14(8-22)24-2)13-6-18-21-20-13/h5-6,10,12,14H,3-4,7-8H2,1-2H3,(H,18,20,21)/t12-,14+/m0/s1. The monoisotopic (exact) mass is 328 g/mol. The SMILES string of the molecule is CO[C@@H]1CN(C(=O)c2cnc(C)nc2C2CC2)C[C@H]1c1cn[nH]n1. The van der Waals surface area contributed by atoms with Crippen LogP contribution in [-0.2, 0) is 4.74 Å². The molecular weight excluding hydrogens is 308 g/mol. The molecule has 24 heavy (non-hydrogen) atoms. The number of nitrogens with zero attached hydrogens (tertiary/aromatic N) is 5. The van der Waals surface area contributed by atoms with E-state index < -0.39 is 0 Å². The second-order valence-corrected chi connectivity index (χ2v) is 6.48. The largest absolute Gasteiger partial charge is 0.379 e. The zero-order valence-corrected chi connectivity index (χ0v) is 13.8. The van der Waals surface area contributed by atoms with Crippen molar-refractivity contribution >= 4 is 5.91 Å². The highest BCUT2D eigenvalue weighted by Crippen LogP contribution is 2.41. The minimum Gasteiger partial charge on any atom is -0.379 e. The molecule has 1 N–H and O–H groups in total. The lowest BCUT2D eigenvalue weighted by atomic mass is 10.0. The number of hydrogen-bond donors (Lipinski definition) is 1. The van der Waals surface area contributed by atoms with E-state index in [1.54, 1.807) is 19.5 Å². The topological polar surface area (TPSA) is 96.9 Å². The van der Waals surface area contributed by atoms with Crippen LogP contribution >= 0.6 is 0 Å². The molecule has 2 fully saturated rings. The van der Waals surface area contributed by atoms with Gasteiger partial charge in [-0.2, -0.15) is 15.4 Å². The van der Waals surface area contributed by atoms with Crippen LogP contribution in [0.5, 0.6) is 0 Å². The third-order valence-corrected chi connectivity index (χ3v) is 4.80. The van der Waals surface area contributed by atoms with Crippen molar-refractivity contribution in [2.24, 2.45) is 0 Å². The van der Waals surface area contributed by atoms with Crippen molar-refractivity contribution in [3.8, 4) is 0 Å². The molecule has 2 aromatic rings. The number of methoxy groups -OCH3 is 1. The summed E-state index contributed by atoms with van der Waals surface area (Å²) in [6, 6.07) is 0. The Morgan fingerprint density at radius 3 is 2.83 bits per heavy atom. The first-order chi connectivity index (χ1) is 11.7. The Morgan fingerprint density at radius 1 is 1.33 bits per heavy atom. The van der Waals surface area contributed by atoms with Crippen LogP contribution in [0, 0.1) is 6.92 Å². The van der Waals surface area contributed by atoms with E-state index in [0.717, 1.165) is 24.2 Å². The van der Waals surface area contributed by atoms with Gasteiger partial charge in [-0.25, -0.2) is 9.97 Å². The van der Waals surface area contributed by atoms with Gasteiger partial charge in [0.2, 0.25) is 0 Å². The zero-order chi connectivity index (χ0) is 16.7. The fourth-order valence-corrected chi connectivity index (χ4v) is 3.34. The number of carbonyl (C=O) groups excluding carboxylic acids is 1. The van der Waals surface area contributed by atoms with Gasteiger partial charge in [-0.15, -0.1) is 0 Å². The molecule has 2 aromatic heterocycles. The van der Waals surface area contributed by atoms with Crippen molar-refractivity contribution in [3.05, 3.63) is 35.2 Å². The Kier molecular flexibility index (Phi) is 3.76. The van der Waals surface area contributed by atoms with Crippen molar-refractivity contribution in [3.63, 3.8) is 0 Å². The lowest BCUT2D eigenvalue weighted by Crippen LogP contribution is -2.31. The highest BCUT2D eigenvalue weighted by atomic mass is 16.5. The summed E-state index contributed by atoms with van der Waals surface area (Å²) in [5.41, 5.74) is 2.34. The van der Waals surface area contributed by atoms with Crippen molar-refractivity contribution in [1.29, 1.82) is 0 Å². The molecule has 0 spiro atoms. The minimum absolute atomic E-state index is 0.0217. The second kappa shape index (κ2) is 5.94. The van der Waals surface area contributed by atoms with Crippen LogP contribution in [0.4, 0.5) is 0 Å². The Balaban J connectivity index is 1.59. The maximum atomic E-state index is 13.0. The molecule has 1 aliphatic heterocycles. The van der Waals surface area contributed by atoms with Gasteiger partial charge >= 0.3 is 0 Å². The van der Waals surface area contributed by atoms with E-state index in [9.17, 15) is 4.79 Å². The first-order valence-electron chi connectivity index (χ1n) is 8.18. The second-order valence-electron chi connectivity index (χ2n) is 6.48. The van der Waals surface area contributed by atoms with Crippen LogP contribution in [0.15, 0.2) is 12.4 Å². The molecule has 2 aliphatic rings. The summed E-state index contributed by atoms with van der Waals surface area (Å²) in [7, 11) is 1.66. The summed E-state index contributed by atoms with van der Waals surface area (Å²) in [6.07, 6.45) is 5.46. The molecular formula is C16H20N6O2. The number of amides is 1. The average Bonchev–Trinajstić information content (AvgIpc) is 3.12. The average molecular weight is 328 g/mol. The van der Waals surface area contributed by atoms with E-state index in [1.165, 1.54) is 0 Å².